The smallest absolute Gasteiger partial charge is 0.317 e. The number of fused-ring (bicyclic) bond motifs is 1. The van der Waals surface area contributed by atoms with Gasteiger partial charge in [0.25, 0.3) is 0 Å². The molecule has 2 unspecified atom stereocenters. The molecule has 2 aromatic rings. The van der Waals surface area contributed by atoms with Crippen LogP contribution < -0.4 is 4.74 Å². The summed E-state index contributed by atoms with van der Waals surface area (Å²) in [6, 6.07) is 13.7. The zero-order chi connectivity index (χ0) is 23.3. The quantitative estimate of drug-likeness (QED) is 0.177. The lowest BCUT2D eigenvalue weighted by Crippen LogP contribution is -2.48. The first-order valence-electron chi connectivity index (χ1n) is 10.6. The summed E-state index contributed by atoms with van der Waals surface area (Å²) in [5, 5.41) is 2.13. The van der Waals surface area contributed by atoms with Gasteiger partial charge in [-0.3, -0.25) is 9.36 Å². The van der Waals surface area contributed by atoms with Crippen LogP contribution in [0.5, 0.6) is 5.75 Å². The van der Waals surface area contributed by atoms with E-state index in [1.807, 2.05) is 49.4 Å². The molecule has 0 amide bonds. The summed E-state index contributed by atoms with van der Waals surface area (Å²) >= 11 is 1.63. The van der Waals surface area contributed by atoms with Crippen molar-refractivity contribution in [1.82, 2.24) is 0 Å². The van der Waals surface area contributed by atoms with Crippen molar-refractivity contribution in [2.24, 2.45) is 10.8 Å². The second kappa shape index (κ2) is 10.5. The van der Waals surface area contributed by atoms with Gasteiger partial charge in [-0.05, 0) is 48.1 Å². The molecule has 0 spiro atoms. The molecule has 0 aliphatic rings. The van der Waals surface area contributed by atoms with Gasteiger partial charge in [0.1, 0.15) is 5.75 Å². The van der Waals surface area contributed by atoms with Crippen molar-refractivity contribution < 1.29 is 23.5 Å². The van der Waals surface area contributed by atoms with Gasteiger partial charge in [-0.15, -0.1) is 0 Å². The molecule has 0 aliphatic heterocycles. The van der Waals surface area contributed by atoms with Crippen LogP contribution in [0.1, 0.15) is 54.4 Å². The molecular weight excluding hydrogens is 431 g/mol. The minimum absolute atomic E-state index is 0.206. The van der Waals surface area contributed by atoms with Crippen LogP contribution in [-0.2, 0) is 13.9 Å². The van der Waals surface area contributed by atoms with Crippen LogP contribution in [0.3, 0.4) is 0 Å². The number of benzene rings is 2. The third-order valence-corrected chi connectivity index (χ3v) is 8.09. The number of carbonyl (C=O) groups is 1. The molecule has 0 aromatic heterocycles. The lowest BCUT2D eigenvalue weighted by Gasteiger charge is -2.45. The number of rotatable bonds is 11. The summed E-state index contributed by atoms with van der Waals surface area (Å²) in [7, 11) is -2.91. The standard InChI is InChI=1S/C24H35O5PS/c1-7-22(2,3)24(6,17-23(4,5)31-15-14-28-30(26)27)21(25)29-20-13-12-18-10-8-9-11-19(18)16-20/h8-13,16,30H,7,14-15,17H2,1-6H3,(H,26,27). The van der Waals surface area contributed by atoms with E-state index < -0.39 is 13.7 Å². The highest BCUT2D eigenvalue weighted by atomic mass is 32.2. The monoisotopic (exact) mass is 466 g/mol. The van der Waals surface area contributed by atoms with Crippen molar-refractivity contribution in [1.29, 1.82) is 0 Å². The van der Waals surface area contributed by atoms with Gasteiger partial charge < -0.3 is 14.2 Å². The van der Waals surface area contributed by atoms with Crippen LogP contribution in [0.25, 0.3) is 10.8 Å². The Morgan fingerprint density at radius 2 is 1.71 bits per heavy atom. The summed E-state index contributed by atoms with van der Waals surface area (Å²) in [6.45, 7) is 12.7. The van der Waals surface area contributed by atoms with Crippen molar-refractivity contribution in [2.45, 2.75) is 59.1 Å². The maximum atomic E-state index is 13.5. The van der Waals surface area contributed by atoms with Crippen LogP contribution in [0.4, 0.5) is 0 Å². The Bertz CT molecular complexity index is 927. The van der Waals surface area contributed by atoms with Crippen molar-refractivity contribution in [3.63, 3.8) is 0 Å². The molecule has 2 aromatic carbocycles. The summed E-state index contributed by atoms with van der Waals surface area (Å²) in [5.74, 6) is 0.889. The Hall–Kier alpha value is -1.33. The molecule has 0 saturated carbocycles. The Morgan fingerprint density at radius 1 is 1.06 bits per heavy atom. The van der Waals surface area contributed by atoms with Gasteiger partial charge in [0, 0.05) is 10.5 Å². The molecule has 7 heteroatoms. The Balaban J connectivity index is 2.22. The number of esters is 1. The highest BCUT2D eigenvalue weighted by Crippen LogP contribution is 2.50. The average molecular weight is 467 g/mol. The van der Waals surface area contributed by atoms with Gasteiger partial charge in [-0.2, -0.15) is 11.8 Å². The highest BCUT2D eigenvalue weighted by molar-refractivity contribution is 8.00. The van der Waals surface area contributed by atoms with E-state index in [1.165, 1.54) is 0 Å². The Labute approximate surface area is 190 Å². The van der Waals surface area contributed by atoms with Crippen LogP contribution in [0.15, 0.2) is 42.5 Å². The van der Waals surface area contributed by atoms with Crippen molar-refractivity contribution in [3.8, 4) is 5.75 Å². The lowest BCUT2D eigenvalue weighted by molar-refractivity contribution is -0.153. The minimum Gasteiger partial charge on any atom is -0.426 e. The molecular formula is C24H35O5PS. The SMILES string of the molecule is CCC(C)(C)C(C)(CC(C)(C)SCCO[PH](=O)O)C(=O)Oc1ccc2ccccc2c1. The predicted octanol–water partition coefficient (Wildman–Crippen LogP) is 6.49. The molecule has 1 N–H and O–H groups in total. The first-order chi connectivity index (χ1) is 14.4. The van der Waals surface area contributed by atoms with Crippen LogP contribution in [-0.4, -0.2) is 28.0 Å². The molecule has 31 heavy (non-hydrogen) atoms. The summed E-state index contributed by atoms with van der Waals surface area (Å²) < 4.78 is 21.3. The molecule has 2 rings (SSSR count). The van der Waals surface area contributed by atoms with Crippen LogP contribution >= 0.6 is 20.0 Å². The molecule has 5 nitrogen and oxygen atoms in total. The fourth-order valence-electron chi connectivity index (χ4n) is 3.78. The molecule has 2 atom stereocenters. The number of carbonyl (C=O) groups excluding carboxylic acids is 1. The van der Waals surface area contributed by atoms with Crippen LogP contribution in [0.2, 0.25) is 0 Å². The van der Waals surface area contributed by atoms with Gasteiger partial charge in [0.2, 0.25) is 0 Å². The molecule has 0 heterocycles. The fourth-order valence-corrected chi connectivity index (χ4v) is 5.31. The first kappa shape index (κ1) is 25.9. The zero-order valence-corrected chi connectivity index (χ0v) is 21.2. The zero-order valence-electron chi connectivity index (χ0n) is 19.4. The van der Waals surface area contributed by atoms with E-state index in [0.717, 1.165) is 17.2 Å². The number of thioether (sulfide) groups is 1. The van der Waals surface area contributed by atoms with Crippen molar-refractivity contribution >= 4 is 36.8 Å². The third kappa shape index (κ3) is 6.82. The molecule has 0 aliphatic carbocycles. The van der Waals surface area contributed by atoms with E-state index >= 15 is 0 Å². The lowest BCUT2D eigenvalue weighted by atomic mass is 9.61. The van der Waals surface area contributed by atoms with E-state index in [1.54, 1.807) is 11.8 Å². The van der Waals surface area contributed by atoms with Crippen LogP contribution in [0, 0.1) is 10.8 Å². The molecule has 0 radical (unpaired) electrons. The fraction of sp³-hybridized carbons (Fsp3) is 0.542. The third-order valence-electron chi connectivity index (χ3n) is 6.34. The average Bonchev–Trinajstić information content (AvgIpc) is 2.70. The Morgan fingerprint density at radius 3 is 2.32 bits per heavy atom. The Kier molecular flexibility index (Phi) is 8.80. The molecule has 0 bridgehead atoms. The molecule has 0 saturated heterocycles. The second-order valence-corrected chi connectivity index (χ2v) is 12.0. The van der Waals surface area contributed by atoms with Gasteiger partial charge in [0.15, 0.2) is 0 Å². The maximum Gasteiger partial charge on any atom is 0.317 e. The van der Waals surface area contributed by atoms with Gasteiger partial charge in [-0.1, -0.05) is 65.0 Å². The highest BCUT2D eigenvalue weighted by Gasteiger charge is 2.50. The van der Waals surface area contributed by atoms with Crippen molar-refractivity contribution in [3.05, 3.63) is 42.5 Å². The minimum atomic E-state index is -2.91. The summed E-state index contributed by atoms with van der Waals surface area (Å²) in [5.41, 5.74) is -1.01. The molecule has 0 fully saturated rings. The normalized spacial score (nSPS) is 15.5. The number of hydrogen-bond acceptors (Lipinski definition) is 5. The summed E-state index contributed by atoms with van der Waals surface area (Å²) in [6.07, 6.45) is 1.43. The van der Waals surface area contributed by atoms with Gasteiger partial charge >= 0.3 is 14.2 Å². The number of hydrogen-bond donors (Lipinski definition) is 1. The maximum absolute atomic E-state index is 13.5. The second-order valence-electron chi connectivity index (χ2n) is 9.37. The topological polar surface area (TPSA) is 72.8 Å². The molecule has 172 valence electrons. The largest absolute Gasteiger partial charge is 0.426 e. The number of ether oxygens (including phenoxy) is 1. The first-order valence-corrected chi connectivity index (χ1v) is 12.9. The predicted molar refractivity (Wildman–Crippen MR) is 130 cm³/mol. The van der Waals surface area contributed by atoms with Crippen molar-refractivity contribution in [2.75, 3.05) is 12.4 Å². The van der Waals surface area contributed by atoms with E-state index in [2.05, 4.69) is 34.6 Å². The van der Waals surface area contributed by atoms with E-state index in [-0.39, 0.29) is 22.7 Å². The van der Waals surface area contributed by atoms with Gasteiger partial charge in [-0.25, -0.2) is 0 Å². The van der Waals surface area contributed by atoms with E-state index in [9.17, 15) is 9.36 Å². The van der Waals surface area contributed by atoms with Gasteiger partial charge in [0.05, 0.1) is 12.0 Å². The van der Waals surface area contributed by atoms with E-state index in [0.29, 0.717) is 17.9 Å². The van der Waals surface area contributed by atoms with E-state index in [4.69, 9.17) is 14.2 Å². The summed E-state index contributed by atoms with van der Waals surface area (Å²) in [4.78, 5) is 22.4.